The lowest BCUT2D eigenvalue weighted by Gasteiger charge is -2.46. The first kappa shape index (κ1) is 19.2. The Labute approximate surface area is 168 Å². The molecule has 0 bridgehead atoms. The van der Waals surface area contributed by atoms with Gasteiger partial charge in [-0.1, -0.05) is 48.2 Å². The maximum absolute atomic E-state index is 14.8. The summed E-state index contributed by atoms with van der Waals surface area (Å²) in [6.07, 6.45) is 2.51. The van der Waals surface area contributed by atoms with Crippen LogP contribution in [-0.2, 0) is 10.3 Å². The zero-order valence-electron chi connectivity index (χ0n) is 15.7. The van der Waals surface area contributed by atoms with Gasteiger partial charge in [0, 0.05) is 29.9 Å². The normalized spacial score (nSPS) is 26.9. The number of ether oxygens (including phenoxy) is 1. The molecular weight excluding hydrogens is 375 g/mol. The van der Waals surface area contributed by atoms with Crippen molar-refractivity contribution >= 4 is 22.8 Å². The van der Waals surface area contributed by atoms with Gasteiger partial charge in [-0.2, -0.15) is 0 Å². The fourth-order valence-electron chi connectivity index (χ4n) is 4.23. The number of hydrogen-bond donors (Lipinski definition) is 1. The van der Waals surface area contributed by atoms with Crippen LogP contribution < -0.4 is 5.32 Å². The molecule has 0 radical (unpaired) electrons. The zero-order chi connectivity index (χ0) is 19.6. The first-order valence-electron chi connectivity index (χ1n) is 9.49. The van der Waals surface area contributed by atoms with E-state index < -0.39 is 5.54 Å². The molecule has 3 atom stereocenters. The first-order chi connectivity index (χ1) is 13.6. The molecule has 1 saturated carbocycles. The Morgan fingerprint density at radius 3 is 2.71 bits per heavy atom. The molecule has 0 saturated heterocycles. The first-order valence-corrected chi connectivity index (χ1v) is 10.5. The number of thioether (sulfide) groups is 1. The predicted octanol–water partition coefficient (Wildman–Crippen LogP) is 4.37. The molecule has 2 aliphatic rings. The number of amides is 1. The van der Waals surface area contributed by atoms with Gasteiger partial charge in [0.2, 0.25) is 0 Å². The number of nitrogens with zero attached hydrogens (tertiary/aromatic N) is 1. The van der Waals surface area contributed by atoms with Gasteiger partial charge in [0.1, 0.15) is 5.82 Å². The van der Waals surface area contributed by atoms with Crippen LogP contribution in [0.5, 0.6) is 0 Å². The minimum absolute atomic E-state index is 0.158. The fraction of sp³-hybridized carbons (Fsp3) is 0.364. The van der Waals surface area contributed by atoms with Gasteiger partial charge in [0.15, 0.2) is 5.17 Å². The van der Waals surface area contributed by atoms with Crippen LogP contribution in [0.2, 0.25) is 0 Å². The maximum atomic E-state index is 14.8. The lowest BCUT2D eigenvalue weighted by atomic mass is 9.68. The second-order valence-corrected chi connectivity index (χ2v) is 8.29. The third-order valence-corrected chi connectivity index (χ3v) is 6.76. The Morgan fingerprint density at radius 2 is 1.96 bits per heavy atom. The molecule has 1 amide bonds. The number of carbonyl (C=O) groups is 1. The van der Waals surface area contributed by atoms with Crippen molar-refractivity contribution in [2.75, 3.05) is 12.9 Å². The van der Waals surface area contributed by atoms with Crippen LogP contribution in [0.25, 0.3) is 0 Å². The lowest BCUT2D eigenvalue weighted by molar-refractivity contribution is 0.0228. The number of fused-ring (bicyclic) bond motifs is 1. The summed E-state index contributed by atoms with van der Waals surface area (Å²) in [5, 5.41) is 3.49. The van der Waals surface area contributed by atoms with Gasteiger partial charge in [-0.05, 0) is 37.5 Å². The van der Waals surface area contributed by atoms with Crippen LogP contribution in [0, 0.1) is 11.7 Å². The van der Waals surface area contributed by atoms with E-state index in [9.17, 15) is 9.18 Å². The van der Waals surface area contributed by atoms with Crippen molar-refractivity contribution < 1.29 is 13.9 Å². The van der Waals surface area contributed by atoms with Crippen LogP contribution in [0.1, 0.15) is 35.2 Å². The van der Waals surface area contributed by atoms with Crippen molar-refractivity contribution in [3.8, 4) is 0 Å². The van der Waals surface area contributed by atoms with Crippen molar-refractivity contribution in [1.82, 2.24) is 5.32 Å². The predicted molar refractivity (Wildman–Crippen MR) is 110 cm³/mol. The van der Waals surface area contributed by atoms with Gasteiger partial charge in [-0.25, -0.2) is 4.39 Å². The van der Waals surface area contributed by atoms with Crippen molar-refractivity contribution in [3.05, 3.63) is 71.5 Å². The summed E-state index contributed by atoms with van der Waals surface area (Å²) in [5.41, 5.74) is 0.530. The van der Waals surface area contributed by atoms with Crippen molar-refractivity contribution in [3.63, 3.8) is 0 Å². The average Bonchev–Trinajstić information content (AvgIpc) is 2.74. The van der Waals surface area contributed by atoms with E-state index in [2.05, 4.69) is 5.32 Å². The molecule has 2 aromatic carbocycles. The van der Waals surface area contributed by atoms with Gasteiger partial charge >= 0.3 is 0 Å². The molecule has 4 nitrogen and oxygen atoms in total. The van der Waals surface area contributed by atoms with Crippen molar-refractivity contribution in [1.29, 1.82) is 0 Å². The number of rotatable bonds is 3. The number of amidine groups is 1. The van der Waals surface area contributed by atoms with Gasteiger partial charge < -0.3 is 10.1 Å². The van der Waals surface area contributed by atoms with Crippen LogP contribution in [-0.4, -0.2) is 30.0 Å². The SMILES string of the molecule is CO[C@@H]1CCC2(c3ccccc3F)N=C(NC(=O)c3ccccc3)SCC2C1. The summed E-state index contributed by atoms with van der Waals surface area (Å²) < 4.78 is 20.4. The highest BCUT2D eigenvalue weighted by Crippen LogP contribution is 2.50. The van der Waals surface area contributed by atoms with Crippen LogP contribution in [0.4, 0.5) is 4.39 Å². The number of methoxy groups -OCH3 is 1. The summed E-state index contributed by atoms with van der Waals surface area (Å²) in [7, 11) is 1.73. The maximum Gasteiger partial charge on any atom is 0.257 e. The Balaban J connectivity index is 1.68. The van der Waals surface area contributed by atoms with E-state index in [1.807, 2.05) is 30.3 Å². The molecule has 4 rings (SSSR count). The summed E-state index contributed by atoms with van der Waals surface area (Å²) in [5.74, 6) is 0.486. The summed E-state index contributed by atoms with van der Waals surface area (Å²) in [6, 6.07) is 15.9. The smallest absolute Gasteiger partial charge is 0.257 e. The molecule has 146 valence electrons. The molecule has 1 aliphatic carbocycles. The van der Waals surface area contributed by atoms with E-state index in [1.165, 1.54) is 17.8 Å². The number of aliphatic imine (C=N–C) groups is 1. The molecule has 2 aromatic rings. The third-order valence-electron chi connectivity index (χ3n) is 5.72. The van der Waals surface area contributed by atoms with E-state index in [4.69, 9.17) is 9.73 Å². The highest BCUT2D eigenvalue weighted by Gasteiger charge is 2.48. The summed E-state index contributed by atoms with van der Waals surface area (Å²) in [4.78, 5) is 17.5. The monoisotopic (exact) mass is 398 g/mol. The molecule has 1 N–H and O–H groups in total. The topological polar surface area (TPSA) is 50.7 Å². The van der Waals surface area contributed by atoms with Gasteiger partial charge in [0.25, 0.3) is 5.91 Å². The number of carbonyl (C=O) groups excluding carboxylic acids is 1. The minimum Gasteiger partial charge on any atom is -0.381 e. The minimum atomic E-state index is -0.662. The number of nitrogens with one attached hydrogen (secondary N) is 1. The van der Waals surface area contributed by atoms with E-state index in [-0.39, 0.29) is 23.7 Å². The Morgan fingerprint density at radius 1 is 1.21 bits per heavy atom. The average molecular weight is 399 g/mol. The fourth-order valence-corrected chi connectivity index (χ4v) is 5.39. The summed E-state index contributed by atoms with van der Waals surface area (Å²) in [6.45, 7) is 0. The standard InChI is InChI=1S/C22H23FN2O2S/c1-27-17-11-12-22(18-9-5-6-10-19(18)23)16(13-17)14-28-21(25-22)24-20(26)15-7-3-2-4-8-15/h2-10,16-17H,11-14H2,1H3,(H,24,25,26)/t16?,17-,22?/m1/s1. The molecule has 1 fully saturated rings. The van der Waals surface area contributed by atoms with Crippen LogP contribution in [0.3, 0.4) is 0 Å². The second-order valence-electron chi connectivity index (χ2n) is 7.28. The van der Waals surface area contributed by atoms with Gasteiger partial charge in [-0.3, -0.25) is 9.79 Å². The van der Waals surface area contributed by atoms with Gasteiger partial charge in [0.05, 0.1) is 11.6 Å². The van der Waals surface area contributed by atoms with E-state index >= 15 is 0 Å². The molecule has 2 unspecified atom stereocenters. The second kappa shape index (κ2) is 8.05. The Hall–Kier alpha value is -2.18. The van der Waals surface area contributed by atoms with E-state index in [1.54, 1.807) is 25.3 Å². The van der Waals surface area contributed by atoms with Gasteiger partial charge in [-0.15, -0.1) is 0 Å². The molecule has 1 heterocycles. The highest BCUT2D eigenvalue weighted by molar-refractivity contribution is 8.13. The third kappa shape index (κ3) is 3.59. The molecule has 0 aromatic heterocycles. The van der Waals surface area contributed by atoms with E-state index in [0.29, 0.717) is 22.7 Å². The molecule has 0 spiro atoms. The van der Waals surface area contributed by atoms with Crippen molar-refractivity contribution in [2.24, 2.45) is 10.9 Å². The van der Waals surface area contributed by atoms with Crippen LogP contribution >= 0.6 is 11.8 Å². The molecular formula is C22H23FN2O2S. The Kier molecular flexibility index (Phi) is 5.51. The number of halogens is 1. The molecule has 1 aliphatic heterocycles. The number of benzene rings is 2. The molecule has 6 heteroatoms. The zero-order valence-corrected chi connectivity index (χ0v) is 16.5. The summed E-state index contributed by atoms with van der Waals surface area (Å²) >= 11 is 1.52. The Bertz CT molecular complexity index is 889. The van der Waals surface area contributed by atoms with E-state index in [0.717, 1.165) is 18.6 Å². The number of hydrogen-bond acceptors (Lipinski definition) is 4. The lowest BCUT2D eigenvalue weighted by Crippen LogP contribution is -2.47. The van der Waals surface area contributed by atoms with Crippen LogP contribution in [0.15, 0.2) is 59.6 Å². The quantitative estimate of drug-likeness (QED) is 0.835. The largest absolute Gasteiger partial charge is 0.381 e. The van der Waals surface area contributed by atoms with Crippen molar-refractivity contribution in [2.45, 2.75) is 30.9 Å². The molecule has 28 heavy (non-hydrogen) atoms. The highest BCUT2D eigenvalue weighted by atomic mass is 32.2.